The summed E-state index contributed by atoms with van der Waals surface area (Å²) >= 11 is 0. The molecule has 0 bridgehead atoms. The number of alkyl halides is 2. The van der Waals surface area contributed by atoms with Gasteiger partial charge in [-0.2, -0.15) is 0 Å². The van der Waals surface area contributed by atoms with Crippen LogP contribution in [0.1, 0.15) is 12.8 Å². The molecule has 4 N–H and O–H groups in total. The van der Waals surface area contributed by atoms with Crippen LogP contribution in [0.4, 0.5) is 8.78 Å². The minimum absolute atomic E-state index is 0.242. The smallest absolute Gasteiger partial charge is 0.120 e. The second-order valence-corrected chi connectivity index (χ2v) is 2.57. The van der Waals surface area contributed by atoms with E-state index in [0.717, 1.165) is 0 Å². The molecular weight excluding hydrogens is 162 g/mol. The third kappa shape index (κ3) is 6.24. The molecule has 0 aromatic rings. The third-order valence-electron chi connectivity index (χ3n) is 1.41. The average Bonchev–Trinajstić information content (AvgIpc) is 2.02. The number of rotatable bonds is 6. The lowest BCUT2D eigenvalue weighted by atomic mass is 10.2. The zero-order valence-electron chi connectivity index (χ0n) is 7.05. The first-order valence-corrected chi connectivity index (χ1v) is 4.07. The highest BCUT2D eigenvalue weighted by Gasteiger charge is 2.02. The molecule has 2 nitrogen and oxygen atoms in total. The van der Waals surface area contributed by atoms with Crippen molar-refractivity contribution in [3.05, 3.63) is 12.2 Å². The van der Waals surface area contributed by atoms with Crippen molar-refractivity contribution >= 4 is 0 Å². The highest BCUT2D eigenvalue weighted by Crippen LogP contribution is 2.03. The lowest BCUT2D eigenvalue weighted by Crippen LogP contribution is -2.09. The van der Waals surface area contributed by atoms with Crippen LogP contribution in [-0.2, 0) is 0 Å². The minimum Gasteiger partial charge on any atom is -0.330 e. The Morgan fingerprint density at radius 3 is 1.50 bits per heavy atom. The Kier molecular flexibility index (Phi) is 6.90. The first kappa shape index (κ1) is 11.5. The second-order valence-electron chi connectivity index (χ2n) is 2.57. The molecule has 4 heteroatoms. The van der Waals surface area contributed by atoms with Gasteiger partial charge in [0, 0.05) is 0 Å². The Hall–Kier alpha value is -0.480. The van der Waals surface area contributed by atoms with Crippen molar-refractivity contribution in [3.8, 4) is 0 Å². The largest absolute Gasteiger partial charge is 0.330 e. The molecule has 0 fully saturated rings. The molecule has 0 aliphatic heterocycles. The highest BCUT2D eigenvalue weighted by atomic mass is 19.1. The molecule has 0 radical (unpaired) electrons. The van der Waals surface area contributed by atoms with Crippen LogP contribution in [0.2, 0.25) is 0 Å². The summed E-state index contributed by atoms with van der Waals surface area (Å²) in [6.45, 7) is 0.554. The summed E-state index contributed by atoms with van der Waals surface area (Å²) in [5.41, 5.74) is 10.2. The van der Waals surface area contributed by atoms with Gasteiger partial charge < -0.3 is 11.5 Å². The third-order valence-corrected chi connectivity index (χ3v) is 1.41. The van der Waals surface area contributed by atoms with Gasteiger partial charge in [0.2, 0.25) is 0 Å². The Labute approximate surface area is 71.6 Å². The number of nitrogens with two attached hydrogens (primary N) is 2. The summed E-state index contributed by atoms with van der Waals surface area (Å²) in [5, 5.41) is 0. The van der Waals surface area contributed by atoms with E-state index < -0.39 is 12.3 Å². The Bertz CT molecular complexity index is 114. The molecule has 2 atom stereocenters. The summed E-state index contributed by atoms with van der Waals surface area (Å²) in [4.78, 5) is 0. The van der Waals surface area contributed by atoms with E-state index in [1.54, 1.807) is 0 Å². The number of hydrogen-bond donors (Lipinski definition) is 2. The van der Waals surface area contributed by atoms with Gasteiger partial charge in [0.05, 0.1) is 0 Å². The number of hydrogen-bond acceptors (Lipinski definition) is 2. The number of halogens is 2. The monoisotopic (exact) mass is 178 g/mol. The van der Waals surface area contributed by atoms with E-state index in [9.17, 15) is 8.78 Å². The van der Waals surface area contributed by atoms with Gasteiger partial charge in [-0.1, -0.05) is 12.2 Å². The van der Waals surface area contributed by atoms with E-state index in [2.05, 4.69) is 0 Å². The van der Waals surface area contributed by atoms with E-state index in [1.165, 1.54) is 12.2 Å². The summed E-state index contributed by atoms with van der Waals surface area (Å²) in [5.74, 6) is 0. The van der Waals surface area contributed by atoms with Gasteiger partial charge in [-0.15, -0.1) is 0 Å². The number of allylic oxidation sites excluding steroid dienone is 2. The predicted molar refractivity (Wildman–Crippen MR) is 46.3 cm³/mol. The molecule has 0 saturated carbocycles. The van der Waals surface area contributed by atoms with Crippen LogP contribution in [0.25, 0.3) is 0 Å². The normalized spacial score (nSPS) is 16.7. The summed E-state index contributed by atoms with van der Waals surface area (Å²) in [6, 6.07) is 0. The van der Waals surface area contributed by atoms with Crippen LogP contribution in [0.3, 0.4) is 0 Å². The zero-order valence-corrected chi connectivity index (χ0v) is 7.05. The molecule has 0 aliphatic carbocycles. The fourth-order valence-corrected chi connectivity index (χ4v) is 0.752. The second kappa shape index (κ2) is 7.18. The van der Waals surface area contributed by atoms with Gasteiger partial charge in [0.1, 0.15) is 12.3 Å². The maximum Gasteiger partial charge on any atom is 0.120 e. The summed E-state index contributed by atoms with van der Waals surface area (Å²) in [6.07, 6.45) is 0.620. The molecule has 0 aliphatic rings. The van der Waals surface area contributed by atoms with Gasteiger partial charge in [0.15, 0.2) is 0 Å². The molecule has 0 aromatic heterocycles. The first-order chi connectivity index (χ1) is 5.70. The molecule has 0 saturated heterocycles. The van der Waals surface area contributed by atoms with Gasteiger partial charge in [-0.3, -0.25) is 0 Å². The average molecular weight is 178 g/mol. The van der Waals surface area contributed by atoms with Crippen molar-refractivity contribution in [1.29, 1.82) is 0 Å². The first-order valence-electron chi connectivity index (χ1n) is 4.07. The van der Waals surface area contributed by atoms with Gasteiger partial charge in [-0.25, -0.2) is 8.78 Å². The Morgan fingerprint density at radius 1 is 0.917 bits per heavy atom. The molecule has 0 heterocycles. The van der Waals surface area contributed by atoms with Crippen LogP contribution in [0, 0.1) is 0 Å². The van der Waals surface area contributed by atoms with Crippen LogP contribution in [0.15, 0.2) is 12.2 Å². The molecule has 0 aromatic carbocycles. The topological polar surface area (TPSA) is 52.0 Å². The molecule has 72 valence electrons. The highest BCUT2D eigenvalue weighted by molar-refractivity contribution is 4.94. The van der Waals surface area contributed by atoms with Crippen molar-refractivity contribution < 1.29 is 8.78 Å². The van der Waals surface area contributed by atoms with Crippen molar-refractivity contribution in [3.63, 3.8) is 0 Å². The van der Waals surface area contributed by atoms with Crippen LogP contribution < -0.4 is 11.5 Å². The minimum atomic E-state index is -1.13. The summed E-state index contributed by atoms with van der Waals surface area (Å²) in [7, 11) is 0. The molecule has 2 unspecified atom stereocenters. The predicted octanol–water partition coefficient (Wildman–Crippen LogP) is 0.916. The van der Waals surface area contributed by atoms with E-state index >= 15 is 0 Å². The van der Waals surface area contributed by atoms with Crippen LogP contribution in [0.5, 0.6) is 0 Å². The SMILES string of the molecule is NCCC(F)/C=C/C(F)CCN. The van der Waals surface area contributed by atoms with Crippen molar-refractivity contribution in [1.82, 2.24) is 0 Å². The van der Waals surface area contributed by atoms with Gasteiger partial charge in [-0.05, 0) is 25.9 Å². The van der Waals surface area contributed by atoms with E-state index in [4.69, 9.17) is 11.5 Å². The maximum absolute atomic E-state index is 12.6. The maximum atomic E-state index is 12.6. The molecule has 12 heavy (non-hydrogen) atoms. The van der Waals surface area contributed by atoms with E-state index in [0.29, 0.717) is 0 Å². The van der Waals surface area contributed by atoms with Crippen molar-refractivity contribution in [2.24, 2.45) is 11.5 Å². The fraction of sp³-hybridized carbons (Fsp3) is 0.750. The molecular formula is C8H16F2N2. The van der Waals surface area contributed by atoms with Crippen molar-refractivity contribution in [2.45, 2.75) is 25.2 Å². The lowest BCUT2D eigenvalue weighted by Gasteiger charge is -2.01. The molecule has 0 amide bonds. The summed E-state index contributed by atoms with van der Waals surface area (Å²) < 4.78 is 25.3. The van der Waals surface area contributed by atoms with Gasteiger partial charge >= 0.3 is 0 Å². The lowest BCUT2D eigenvalue weighted by molar-refractivity contribution is 0.361. The van der Waals surface area contributed by atoms with Gasteiger partial charge in [0.25, 0.3) is 0 Å². The van der Waals surface area contributed by atoms with E-state index in [1.807, 2.05) is 0 Å². The van der Waals surface area contributed by atoms with Crippen LogP contribution >= 0.6 is 0 Å². The standard InChI is InChI=1S/C8H16F2N2/c9-7(3-5-11)1-2-8(10)4-6-12/h1-2,7-8H,3-6,11-12H2/b2-1+. The van der Waals surface area contributed by atoms with Crippen molar-refractivity contribution in [2.75, 3.05) is 13.1 Å². The van der Waals surface area contributed by atoms with Crippen LogP contribution in [-0.4, -0.2) is 25.4 Å². The zero-order chi connectivity index (χ0) is 9.40. The Balaban J connectivity index is 3.57. The quantitative estimate of drug-likeness (QED) is 0.594. The Morgan fingerprint density at radius 2 is 1.25 bits per heavy atom. The van der Waals surface area contributed by atoms with E-state index in [-0.39, 0.29) is 25.9 Å². The molecule has 0 spiro atoms. The molecule has 0 rings (SSSR count). The fourth-order valence-electron chi connectivity index (χ4n) is 0.752.